The van der Waals surface area contributed by atoms with E-state index in [0.717, 1.165) is 5.70 Å². The molecule has 0 aromatic heterocycles. The largest absolute Gasteiger partial charge is 0.346 e. The highest BCUT2D eigenvalue weighted by atomic mass is 15.2. The molecule has 0 amide bonds. The van der Waals surface area contributed by atoms with Crippen molar-refractivity contribution in [1.29, 1.82) is 5.26 Å². The summed E-state index contributed by atoms with van der Waals surface area (Å²) >= 11 is 0. The highest BCUT2D eigenvalue weighted by Crippen LogP contribution is 2.46. The SMILES string of the molecule is Cc1ccc2c(c1)C(C)(C)/C(=C\C#N)N2C. The van der Waals surface area contributed by atoms with Crippen LogP contribution in [-0.2, 0) is 5.41 Å². The predicted molar refractivity (Wildman–Crippen MR) is 66.3 cm³/mol. The molecule has 1 heterocycles. The lowest BCUT2D eigenvalue weighted by molar-refractivity contribution is 0.640. The number of aryl methyl sites for hydroxylation is 1. The molecule has 2 nitrogen and oxygen atoms in total. The number of likely N-dealkylation sites (N-methyl/N-ethyl adjacent to an activating group) is 1. The van der Waals surface area contributed by atoms with E-state index in [1.54, 1.807) is 6.08 Å². The molecule has 16 heavy (non-hydrogen) atoms. The maximum Gasteiger partial charge on any atom is 0.0930 e. The zero-order chi connectivity index (χ0) is 11.9. The molecule has 0 aliphatic carbocycles. The van der Waals surface area contributed by atoms with Gasteiger partial charge in [-0.3, -0.25) is 0 Å². The lowest BCUT2D eigenvalue weighted by Crippen LogP contribution is -2.22. The van der Waals surface area contributed by atoms with Crippen LogP contribution in [0.5, 0.6) is 0 Å². The average molecular weight is 212 g/mol. The van der Waals surface area contributed by atoms with Gasteiger partial charge in [0.1, 0.15) is 0 Å². The molecule has 0 atom stereocenters. The van der Waals surface area contributed by atoms with Crippen LogP contribution in [0, 0.1) is 18.3 Å². The topological polar surface area (TPSA) is 27.0 Å². The lowest BCUT2D eigenvalue weighted by atomic mass is 9.83. The van der Waals surface area contributed by atoms with E-state index < -0.39 is 0 Å². The fourth-order valence-corrected chi connectivity index (χ4v) is 2.47. The highest BCUT2D eigenvalue weighted by Gasteiger charge is 2.38. The summed E-state index contributed by atoms with van der Waals surface area (Å²) in [4.78, 5) is 2.11. The third-order valence-corrected chi connectivity index (χ3v) is 3.39. The number of fused-ring (bicyclic) bond motifs is 1. The van der Waals surface area contributed by atoms with Crippen molar-refractivity contribution < 1.29 is 0 Å². The molecule has 1 aliphatic rings. The van der Waals surface area contributed by atoms with Crippen LogP contribution in [0.25, 0.3) is 0 Å². The number of allylic oxidation sites excluding steroid dienone is 2. The van der Waals surface area contributed by atoms with Gasteiger partial charge in [-0.1, -0.05) is 31.5 Å². The van der Waals surface area contributed by atoms with Gasteiger partial charge in [-0.15, -0.1) is 0 Å². The Morgan fingerprint density at radius 3 is 2.69 bits per heavy atom. The maximum atomic E-state index is 8.86. The van der Waals surface area contributed by atoms with Crippen LogP contribution in [0.1, 0.15) is 25.0 Å². The first-order chi connectivity index (χ1) is 7.48. The van der Waals surface area contributed by atoms with E-state index in [0.29, 0.717) is 0 Å². The second kappa shape index (κ2) is 3.38. The summed E-state index contributed by atoms with van der Waals surface area (Å²) in [6.07, 6.45) is 1.65. The minimum absolute atomic E-state index is 0.0775. The van der Waals surface area contributed by atoms with Gasteiger partial charge in [-0.25, -0.2) is 0 Å². The summed E-state index contributed by atoms with van der Waals surface area (Å²) in [5.74, 6) is 0. The van der Waals surface area contributed by atoms with E-state index in [9.17, 15) is 0 Å². The molecule has 0 radical (unpaired) electrons. The fourth-order valence-electron chi connectivity index (χ4n) is 2.47. The molecular formula is C14H16N2. The summed E-state index contributed by atoms with van der Waals surface area (Å²) < 4.78 is 0. The summed E-state index contributed by atoms with van der Waals surface area (Å²) in [5.41, 5.74) is 4.76. The number of nitriles is 1. The summed E-state index contributed by atoms with van der Waals surface area (Å²) in [6.45, 7) is 6.43. The Balaban J connectivity index is 2.68. The maximum absolute atomic E-state index is 8.86. The van der Waals surface area contributed by atoms with Gasteiger partial charge in [0.2, 0.25) is 0 Å². The smallest absolute Gasteiger partial charge is 0.0930 e. The third-order valence-electron chi connectivity index (χ3n) is 3.39. The van der Waals surface area contributed by atoms with E-state index in [-0.39, 0.29) is 5.41 Å². The minimum Gasteiger partial charge on any atom is -0.346 e. The number of rotatable bonds is 0. The monoisotopic (exact) mass is 212 g/mol. The van der Waals surface area contributed by atoms with Crippen molar-refractivity contribution in [1.82, 2.24) is 0 Å². The van der Waals surface area contributed by atoms with Gasteiger partial charge >= 0.3 is 0 Å². The van der Waals surface area contributed by atoms with Gasteiger partial charge in [0.05, 0.1) is 6.07 Å². The standard InChI is InChI=1S/C14H16N2/c1-10-5-6-12-11(9-10)14(2,3)13(7-8-15)16(12)4/h5-7,9H,1-4H3/b13-7+. The number of hydrogen-bond acceptors (Lipinski definition) is 2. The molecule has 82 valence electrons. The fraction of sp³-hybridized carbons (Fsp3) is 0.357. The van der Waals surface area contributed by atoms with Crippen molar-refractivity contribution in [3.8, 4) is 6.07 Å². The molecule has 1 aromatic rings. The van der Waals surface area contributed by atoms with Crippen LogP contribution in [-0.4, -0.2) is 7.05 Å². The Morgan fingerprint density at radius 2 is 2.06 bits per heavy atom. The second-order valence-electron chi connectivity index (χ2n) is 4.86. The zero-order valence-corrected chi connectivity index (χ0v) is 10.2. The van der Waals surface area contributed by atoms with Gasteiger partial charge in [-0.2, -0.15) is 5.26 Å². The molecule has 0 bridgehead atoms. The lowest BCUT2D eigenvalue weighted by Gasteiger charge is -2.22. The Kier molecular flexibility index (Phi) is 2.27. The van der Waals surface area contributed by atoms with Gasteiger partial charge in [0, 0.05) is 29.9 Å². The van der Waals surface area contributed by atoms with Crippen molar-refractivity contribution in [2.45, 2.75) is 26.2 Å². The number of hydrogen-bond donors (Lipinski definition) is 0. The average Bonchev–Trinajstić information content (AvgIpc) is 2.40. The van der Waals surface area contributed by atoms with E-state index in [1.807, 2.05) is 7.05 Å². The van der Waals surface area contributed by atoms with Crippen molar-refractivity contribution in [3.63, 3.8) is 0 Å². The molecule has 2 rings (SSSR count). The van der Waals surface area contributed by atoms with Crippen LogP contribution in [0.4, 0.5) is 5.69 Å². The summed E-state index contributed by atoms with van der Waals surface area (Å²) in [5, 5.41) is 8.86. The Bertz CT molecular complexity index is 504. The molecular weight excluding hydrogens is 196 g/mol. The molecule has 0 saturated heterocycles. The quantitative estimate of drug-likeness (QED) is 0.618. The summed E-state index contributed by atoms with van der Waals surface area (Å²) in [6, 6.07) is 8.60. The zero-order valence-electron chi connectivity index (χ0n) is 10.2. The van der Waals surface area contributed by atoms with Crippen LogP contribution in [0.3, 0.4) is 0 Å². The summed E-state index contributed by atoms with van der Waals surface area (Å²) in [7, 11) is 2.02. The van der Waals surface area contributed by atoms with Crippen LogP contribution in [0.15, 0.2) is 30.0 Å². The Morgan fingerprint density at radius 1 is 1.38 bits per heavy atom. The van der Waals surface area contributed by atoms with Gasteiger partial charge in [0.15, 0.2) is 0 Å². The van der Waals surface area contributed by atoms with E-state index in [2.05, 4.69) is 49.9 Å². The predicted octanol–water partition coefficient (Wildman–Crippen LogP) is 3.13. The molecule has 0 unspecified atom stereocenters. The van der Waals surface area contributed by atoms with Crippen molar-refractivity contribution in [2.24, 2.45) is 0 Å². The first kappa shape index (κ1) is 10.8. The van der Waals surface area contributed by atoms with Crippen LogP contribution in [0.2, 0.25) is 0 Å². The Labute approximate surface area is 96.8 Å². The van der Waals surface area contributed by atoms with E-state index >= 15 is 0 Å². The van der Waals surface area contributed by atoms with Crippen LogP contribution < -0.4 is 4.90 Å². The third kappa shape index (κ3) is 1.32. The molecule has 0 N–H and O–H groups in total. The van der Waals surface area contributed by atoms with Gasteiger partial charge in [0.25, 0.3) is 0 Å². The molecule has 0 spiro atoms. The van der Waals surface area contributed by atoms with Crippen molar-refractivity contribution >= 4 is 5.69 Å². The van der Waals surface area contributed by atoms with Crippen molar-refractivity contribution in [2.75, 3.05) is 11.9 Å². The van der Waals surface area contributed by atoms with Gasteiger partial charge < -0.3 is 4.90 Å². The van der Waals surface area contributed by atoms with Crippen molar-refractivity contribution in [3.05, 3.63) is 41.1 Å². The van der Waals surface area contributed by atoms with Crippen LogP contribution >= 0.6 is 0 Å². The first-order valence-corrected chi connectivity index (χ1v) is 5.43. The molecule has 2 heteroatoms. The Hall–Kier alpha value is -1.75. The molecule has 1 aliphatic heterocycles. The second-order valence-corrected chi connectivity index (χ2v) is 4.86. The molecule has 0 saturated carbocycles. The normalized spacial score (nSPS) is 19.7. The molecule has 0 fully saturated rings. The molecule has 1 aromatic carbocycles. The number of anilines is 1. The minimum atomic E-state index is -0.0775. The van der Waals surface area contributed by atoms with E-state index in [1.165, 1.54) is 16.8 Å². The number of nitrogens with zero attached hydrogens (tertiary/aromatic N) is 2. The highest BCUT2D eigenvalue weighted by molar-refractivity contribution is 5.70. The van der Waals surface area contributed by atoms with Gasteiger partial charge in [-0.05, 0) is 18.6 Å². The number of benzene rings is 1. The van der Waals surface area contributed by atoms with E-state index in [4.69, 9.17) is 5.26 Å². The first-order valence-electron chi connectivity index (χ1n) is 5.43.